The summed E-state index contributed by atoms with van der Waals surface area (Å²) in [5, 5.41) is 9.11. The topological polar surface area (TPSA) is 127 Å². The average Bonchev–Trinajstić information content (AvgIpc) is 3.52. The van der Waals surface area contributed by atoms with Crippen LogP contribution in [-0.2, 0) is 40.3 Å². The Hall–Kier alpha value is -4.77. The fraction of sp³-hybridized carbons (Fsp3) is 0.432. The van der Waals surface area contributed by atoms with E-state index in [0.717, 1.165) is 22.3 Å². The smallest absolute Gasteiger partial charge is 0.319 e. The average molecular weight is 654 g/mol. The number of piperidine rings is 1. The number of hydrogen-bond acceptors (Lipinski definition) is 6. The summed E-state index contributed by atoms with van der Waals surface area (Å²) in [6.07, 6.45) is 4.52. The molecule has 2 aliphatic rings. The lowest BCUT2D eigenvalue weighted by atomic mass is 9.74. The minimum atomic E-state index is -0.667. The largest absolute Gasteiger partial charge is 0.331 e. The molecule has 0 unspecified atom stereocenters. The Morgan fingerprint density at radius 3 is 2.29 bits per heavy atom. The van der Waals surface area contributed by atoms with Gasteiger partial charge in [0.1, 0.15) is 12.4 Å². The highest BCUT2D eigenvalue weighted by Gasteiger charge is 2.43. The Morgan fingerprint density at radius 2 is 1.62 bits per heavy atom. The highest BCUT2D eigenvalue weighted by Crippen LogP contribution is 2.38. The minimum Gasteiger partial charge on any atom is -0.331 e. The molecule has 11 heteroatoms. The van der Waals surface area contributed by atoms with Crippen LogP contribution in [0.25, 0.3) is 0 Å². The molecule has 48 heavy (non-hydrogen) atoms. The number of benzene rings is 2. The van der Waals surface area contributed by atoms with Gasteiger partial charge in [0.25, 0.3) is 0 Å². The fourth-order valence-electron chi connectivity index (χ4n) is 6.86. The Kier molecular flexibility index (Phi) is 11.1. The number of rotatable bonds is 11. The molecule has 0 radical (unpaired) electrons. The van der Waals surface area contributed by atoms with Gasteiger partial charge in [0.2, 0.25) is 17.7 Å². The number of fused-ring (bicyclic) bond motifs is 1. The van der Waals surface area contributed by atoms with Gasteiger partial charge in [0.15, 0.2) is 0 Å². The van der Waals surface area contributed by atoms with Crippen LogP contribution in [0.4, 0.5) is 16.3 Å². The van der Waals surface area contributed by atoms with Crippen molar-refractivity contribution >= 4 is 35.3 Å². The van der Waals surface area contributed by atoms with Gasteiger partial charge in [-0.2, -0.15) is 0 Å². The standard InChI is InChI=1S/C37H47N7O4/c1-5-37(15-18-43(19-16-37)36(48)42(3)4)35(47)44(24-28-11-7-6-10-27(28)23-38-2)25-33(45)40-31-14-13-26-20-30(21-29(26)22-31)34(46)41-32-12-8-9-17-39-32/h6-14,17,22,30,38H,5,15-16,18-21,23-25H2,1-4H3,(H,40,45)(H,39,41,46)/t30-/m1/s1. The summed E-state index contributed by atoms with van der Waals surface area (Å²) in [5.74, 6) is -0.125. The van der Waals surface area contributed by atoms with Crippen LogP contribution in [0.5, 0.6) is 0 Å². The van der Waals surface area contributed by atoms with E-state index in [1.54, 1.807) is 47.1 Å². The molecule has 2 heterocycles. The summed E-state index contributed by atoms with van der Waals surface area (Å²) < 4.78 is 0. The van der Waals surface area contributed by atoms with E-state index in [-0.39, 0.29) is 36.2 Å². The highest BCUT2D eigenvalue weighted by molar-refractivity contribution is 5.96. The maximum absolute atomic E-state index is 14.5. The molecule has 1 aromatic heterocycles. The van der Waals surface area contributed by atoms with Gasteiger partial charge in [0.05, 0.1) is 5.41 Å². The molecule has 3 aromatic rings. The molecule has 1 fully saturated rings. The van der Waals surface area contributed by atoms with Crippen molar-refractivity contribution in [1.82, 2.24) is 25.0 Å². The first-order chi connectivity index (χ1) is 23.1. The lowest BCUT2D eigenvalue weighted by Crippen LogP contribution is -2.53. The van der Waals surface area contributed by atoms with Crippen molar-refractivity contribution in [2.24, 2.45) is 11.3 Å². The fourth-order valence-corrected chi connectivity index (χ4v) is 6.86. The molecule has 254 valence electrons. The Labute approximate surface area is 283 Å². The van der Waals surface area contributed by atoms with E-state index in [0.29, 0.717) is 69.8 Å². The predicted octanol–water partition coefficient (Wildman–Crippen LogP) is 4.30. The summed E-state index contributed by atoms with van der Waals surface area (Å²) in [6.45, 7) is 3.82. The molecule has 2 aromatic carbocycles. The zero-order valence-corrected chi connectivity index (χ0v) is 28.4. The lowest BCUT2D eigenvalue weighted by molar-refractivity contribution is -0.147. The van der Waals surface area contributed by atoms with E-state index in [2.05, 4.69) is 20.9 Å². The maximum atomic E-state index is 14.5. The van der Waals surface area contributed by atoms with Crippen molar-refractivity contribution < 1.29 is 19.2 Å². The molecule has 1 aliphatic heterocycles. The van der Waals surface area contributed by atoms with E-state index in [1.165, 1.54) is 0 Å². The van der Waals surface area contributed by atoms with Crippen LogP contribution in [0, 0.1) is 11.3 Å². The molecular formula is C37H47N7O4. The quantitative estimate of drug-likeness (QED) is 0.284. The molecule has 1 atom stereocenters. The maximum Gasteiger partial charge on any atom is 0.319 e. The van der Waals surface area contributed by atoms with Gasteiger partial charge in [-0.1, -0.05) is 43.3 Å². The number of carbonyl (C=O) groups is 4. The van der Waals surface area contributed by atoms with Crippen LogP contribution in [0.1, 0.15) is 48.4 Å². The van der Waals surface area contributed by atoms with Gasteiger partial charge in [-0.05, 0) is 85.7 Å². The Morgan fingerprint density at radius 1 is 0.917 bits per heavy atom. The van der Waals surface area contributed by atoms with Crippen LogP contribution in [0.3, 0.4) is 0 Å². The number of hydrogen-bond donors (Lipinski definition) is 3. The molecule has 1 aliphatic carbocycles. The molecule has 5 amide bonds. The number of nitrogens with one attached hydrogen (secondary N) is 3. The summed E-state index contributed by atoms with van der Waals surface area (Å²) in [5.41, 5.74) is 4.11. The zero-order valence-electron chi connectivity index (χ0n) is 28.4. The molecule has 11 nitrogen and oxygen atoms in total. The number of likely N-dealkylation sites (tertiary alicyclic amines) is 1. The third kappa shape index (κ3) is 8.02. The van der Waals surface area contributed by atoms with E-state index >= 15 is 0 Å². The van der Waals surface area contributed by atoms with E-state index in [1.807, 2.05) is 62.5 Å². The Balaban J connectivity index is 1.30. The number of carbonyl (C=O) groups excluding carboxylic acids is 4. The normalized spacial score (nSPS) is 16.5. The second-order valence-corrected chi connectivity index (χ2v) is 13.1. The lowest BCUT2D eigenvalue weighted by Gasteiger charge is -2.43. The van der Waals surface area contributed by atoms with E-state index in [9.17, 15) is 19.2 Å². The van der Waals surface area contributed by atoms with Crippen LogP contribution in [0.15, 0.2) is 66.9 Å². The molecular weight excluding hydrogens is 606 g/mol. The Bertz CT molecular complexity index is 1620. The number of pyridine rings is 1. The third-order valence-corrected chi connectivity index (χ3v) is 9.68. The second-order valence-electron chi connectivity index (χ2n) is 13.1. The van der Waals surface area contributed by atoms with Crippen molar-refractivity contribution in [1.29, 1.82) is 0 Å². The van der Waals surface area contributed by atoms with Gasteiger partial charge in [0, 0.05) is 58.1 Å². The van der Waals surface area contributed by atoms with Crippen LogP contribution in [-0.4, -0.2) is 84.2 Å². The third-order valence-electron chi connectivity index (χ3n) is 9.68. The second kappa shape index (κ2) is 15.4. The van der Waals surface area contributed by atoms with Crippen molar-refractivity contribution in [3.63, 3.8) is 0 Å². The SMILES string of the molecule is CCC1(C(=O)N(CC(=O)Nc2ccc3c(c2)C[C@H](C(=O)Nc2ccccn2)C3)Cc2ccccc2CNC)CCN(C(=O)N(C)C)CC1. The van der Waals surface area contributed by atoms with Gasteiger partial charge < -0.3 is 30.7 Å². The van der Waals surface area contributed by atoms with Crippen molar-refractivity contribution in [2.75, 3.05) is 51.4 Å². The summed E-state index contributed by atoms with van der Waals surface area (Å²) in [4.78, 5) is 62.9. The molecule has 1 saturated heterocycles. The van der Waals surface area contributed by atoms with Crippen molar-refractivity contribution in [2.45, 2.75) is 52.1 Å². The van der Waals surface area contributed by atoms with Crippen LogP contribution < -0.4 is 16.0 Å². The molecule has 5 rings (SSSR count). The van der Waals surface area contributed by atoms with Crippen molar-refractivity contribution in [3.05, 3.63) is 89.1 Å². The van der Waals surface area contributed by atoms with Gasteiger partial charge in [-0.15, -0.1) is 0 Å². The first-order valence-corrected chi connectivity index (χ1v) is 16.7. The predicted molar refractivity (Wildman–Crippen MR) is 186 cm³/mol. The first-order valence-electron chi connectivity index (χ1n) is 16.7. The molecule has 0 spiro atoms. The molecule has 0 saturated carbocycles. The highest BCUT2D eigenvalue weighted by atomic mass is 16.2. The number of amides is 5. The number of urea groups is 1. The summed E-state index contributed by atoms with van der Waals surface area (Å²) >= 11 is 0. The summed E-state index contributed by atoms with van der Waals surface area (Å²) in [7, 11) is 5.35. The van der Waals surface area contributed by atoms with Gasteiger partial charge in [-0.3, -0.25) is 14.4 Å². The van der Waals surface area contributed by atoms with Gasteiger partial charge in [-0.25, -0.2) is 9.78 Å². The zero-order chi connectivity index (χ0) is 34.3. The summed E-state index contributed by atoms with van der Waals surface area (Å²) in [6, 6.07) is 19.0. The van der Waals surface area contributed by atoms with E-state index < -0.39 is 5.41 Å². The monoisotopic (exact) mass is 653 g/mol. The van der Waals surface area contributed by atoms with Crippen molar-refractivity contribution in [3.8, 4) is 0 Å². The molecule has 0 bridgehead atoms. The van der Waals surface area contributed by atoms with E-state index in [4.69, 9.17) is 0 Å². The van der Waals surface area contributed by atoms with Gasteiger partial charge >= 0.3 is 6.03 Å². The molecule has 3 N–H and O–H groups in total. The van der Waals surface area contributed by atoms with Crippen LogP contribution >= 0.6 is 0 Å². The first kappa shape index (κ1) is 34.6. The number of anilines is 2. The van der Waals surface area contributed by atoms with Crippen LogP contribution in [0.2, 0.25) is 0 Å². The minimum absolute atomic E-state index is 0.0566. The number of aromatic nitrogens is 1. The number of nitrogens with zero attached hydrogens (tertiary/aromatic N) is 4.